The van der Waals surface area contributed by atoms with Gasteiger partial charge in [-0.3, -0.25) is 14.8 Å². The summed E-state index contributed by atoms with van der Waals surface area (Å²) in [6.07, 6.45) is 7.55. The summed E-state index contributed by atoms with van der Waals surface area (Å²) in [6, 6.07) is 4.12. The van der Waals surface area contributed by atoms with Crippen molar-refractivity contribution < 1.29 is 4.84 Å². The predicted molar refractivity (Wildman–Crippen MR) is 73.9 cm³/mol. The van der Waals surface area contributed by atoms with E-state index in [0.717, 1.165) is 17.9 Å². The average Bonchev–Trinajstić information content (AvgIpc) is 2.49. The highest BCUT2D eigenvalue weighted by Gasteiger charge is 2.20. The number of amidine groups is 1. The number of hydroxylamine groups is 1. The largest absolute Gasteiger partial charge is 0.301 e. The molecule has 0 bridgehead atoms. The summed E-state index contributed by atoms with van der Waals surface area (Å²) < 4.78 is 0. The Balaban J connectivity index is 1.66. The van der Waals surface area contributed by atoms with E-state index in [2.05, 4.69) is 15.4 Å². The van der Waals surface area contributed by atoms with Crippen molar-refractivity contribution in [2.75, 3.05) is 26.2 Å². The van der Waals surface area contributed by atoms with E-state index in [1.807, 2.05) is 12.1 Å². The molecule has 2 aliphatic rings. The van der Waals surface area contributed by atoms with Gasteiger partial charge < -0.3 is 4.90 Å². The number of rotatable bonds is 3. The van der Waals surface area contributed by atoms with Crippen molar-refractivity contribution in [2.45, 2.75) is 25.3 Å². The summed E-state index contributed by atoms with van der Waals surface area (Å²) in [5, 5.41) is 0. The summed E-state index contributed by atoms with van der Waals surface area (Å²) in [4.78, 5) is 16.8. The van der Waals surface area contributed by atoms with Crippen LogP contribution in [-0.4, -0.2) is 48.0 Å². The lowest BCUT2D eigenvalue weighted by atomic mass is 10.1. The van der Waals surface area contributed by atoms with Crippen LogP contribution in [0.3, 0.4) is 0 Å². The highest BCUT2D eigenvalue weighted by atomic mass is 16.6. The molecule has 0 aliphatic carbocycles. The third kappa shape index (κ3) is 3.30. The van der Waals surface area contributed by atoms with E-state index >= 15 is 0 Å². The van der Waals surface area contributed by atoms with Gasteiger partial charge in [-0.15, -0.1) is 0 Å². The fourth-order valence-electron chi connectivity index (χ4n) is 2.62. The molecule has 1 aromatic heterocycles. The smallest absolute Gasteiger partial charge is 0.154 e. The van der Waals surface area contributed by atoms with Crippen LogP contribution in [0.5, 0.6) is 0 Å². The number of hydrogen-bond acceptors (Lipinski definition) is 5. The first-order chi connectivity index (χ1) is 9.42. The second-order valence-corrected chi connectivity index (χ2v) is 5.15. The van der Waals surface area contributed by atoms with Gasteiger partial charge in [0, 0.05) is 24.5 Å². The molecule has 19 heavy (non-hydrogen) atoms. The van der Waals surface area contributed by atoms with E-state index in [1.165, 1.54) is 32.4 Å². The van der Waals surface area contributed by atoms with E-state index in [-0.39, 0.29) is 6.04 Å². The van der Waals surface area contributed by atoms with Crippen LogP contribution in [0.4, 0.5) is 0 Å². The fraction of sp³-hybridized carbons (Fsp3) is 0.571. The molecule has 3 heterocycles. The lowest BCUT2D eigenvalue weighted by Crippen LogP contribution is -2.43. The Bertz CT molecular complexity index is 428. The van der Waals surface area contributed by atoms with Crippen LogP contribution >= 0.6 is 0 Å². The maximum Gasteiger partial charge on any atom is 0.154 e. The van der Waals surface area contributed by atoms with E-state index < -0.39 is 0 Å². The maximum atomic E-state index is 5.46. The number of nitrogens with one attached hydrogen (secondary N) is 1. The van der Waals surface area contributed by atoms with Crippen molar-refractivity contribution in [3.05, 3.63) is 30.1 Å². The fourth-order valence-corrected chi connectivity index (χ4v) is 2.62. The van der Waals surface area contributed by atoms with Crippen LogP contribution in [0, 0.1) is 0 Å². The van der Waals surface area contributed by atoms with Crippen LogP contribution in [0.25, 0.3) is 0 Å². The van der Waals surface area contributed by atoms with Gasteiger partial charge in [0.05, 0.1) is 12.6 Å². The van der Waals surface area contributed by atoms with Crippen molar-refractivity contribution in [1.29, 1.82) is 0 Å². The standard InChI is InChI=1S/C14H20N4O/c1-2-7-18(8-3-1)10-13-11-19-17-14(16-13)12-5-4-6-15-9-12/h4-6,9,13H,1-3,7-8,10-11H2,(H,16,17)/t13-/m1/s1. The summed E-state index contributed by atoms with van der Waals surface area (Å²) in [7, 11) is 0. The molecule has 1 aromatic rings. The minimum atomic E-state index is 0.217. The van der Waals surface area contributed by atoms with Gasteiger partial charge in [0.15, 0.2) is 5.84 Å². The van der Waals surface area contributed by atoms with Crippen molar-refractivity contribution in [2.24, 2.45) is 4.99 Å². The molecule has 0 amide bonds. The number of pyridine rings is 1. The Labute approximate surface area is 113 Å². The molecule has 0 saturated carbocycles. The topological polar surface area (TPSA) is 49.8 Å². The summed E-state index contributed by atoms with van der Waals surface area (Å²) in [5.41, 5.74) is 3.87. The first kappa shape index (κ1) is 12.6. The van der Waals surface area contributed by atoms with Gasteiger partial charge in [0.25, 0.3) is 0 Å². The highest BCUT2D eigenvalue weighted by molar-refractivity contribution is 5.98. The normalized spacial score (nSPS) is 24.6. The number of nitrogens with zero attached hydrogens (tertiary/aromatic N) is 3. The summed E-state index contributed by atoms with van der Waals surface area (Å²) >= 11 is 0. The molecular weight excluding hydrogens is 240 g/mol. The molecule has 1 N–H and O–H groups in total. The van der Waals surface area contributed by atoms with Gasteiger partial charge in [0.2, 0.25) is 0 Å². The summed E-state index contributed by atoms with van der Waals surface area (Å²) in [5.74, 6) is 0.793. The predicted octanol–water partition coefficient (Wildman–Crippen LogP) is 1.22. The van der Waals surface area contributed by atoms with Crippen LogP contribution in [0.15, 0.2) is 29.5 Å². The Morgan fingerprint density at radius 3 is 3.00 bits per heavy atom. The van der Waals surface area contributed by atoms with Crippen molar-refractivity contribution in [3.63, 3.8) is 0 Å². The van der Waals surface area contributed by atoms with Crippen LogP contribution in [-0.2, 0) is 4.84 Å². The van der Waals surface area contributed by atoms with Gasteiger partial charge in [-0.25, -0.2) is 5.48 Å². The van der Waals surface area contributed by atoms with Crippen molar-refractivity contribution in [1.82, 2.24) is 15.4 Å². The maximum absolute atomic E-state index is 5.46. The van der Waals surface area contributed by atoms with Crippen LogP contribution in [0.2, 0.25) is 0 Å². The molecule has 3 rings (SSSR count). The van der Waals surface area contributed by atoms with Gasteiger partial charge in [-0.05, 0) is 38.1 Å². The van der Waals surface area contributed by atoms with Gasteiger partial charge >= 0.3 is 0 Å². The zero-order valence-electron chi connectivity index (χ0n) is 11.1. The van der Waals surface area contributed by atoms with E-state index in [1.54, 1.807) is 12.4 Å². The first-order valence-electron chi connectivity index (χ1n) is 7.00. The van der Waals surface area contributed by atoms with E-state index in [9.17, 15) is 0 Å². The molecule has 5 nitrogen and oxygen atoms in total. The number of aliphatic imine (C=N–C) groups is 1. The molecular formula is C14H20N4O. The van der Waals surface area contributed by atoms with Gasteiger partial charge in [-0.1, -0.05) is 6.42 Å². The lowest BCUT2D eigenvalue weighted by Gasteiger charge is -2.30. The monoisotopic (exact) mass is 260 g/mol. The highest BCUT2D eigenvalue weighted by Crippen LogP contribution is 2.12. The Morgan fingerprint density at radius 1 is 1.32 bits per heavy atom. The molecule has 2 aliphatic heterocycles. The van der Waals surface area contributed by atoms with Crippen molar-refractivity contribution in [3.8, 4) is 0 Å². The van der Waals surface area contributed by atoms with E-state index in [0.29, 0.717) is 6.61 Å². The summed E-state index contributed by atoms with van der Waals surface area (Å²) in [6.45, 7) is 4.02. The number of aromatic nitrogens is 1. The molecule has 0 aromatic carbocycles. The molecule has 1 saturated heterocycles. The number of piperidine rings is 1. The quantitative estimate of drug-likeness (QED) is 0.887. The Kier molecular flexibility index (Phi) is 4.05. The minimum absolute atomic E-state index is 0.217. The number of likely N-dealkylation sites (tertiary alicyclic amines) is 1. The molecule has 1 fully saturated rings. The Morgan fingerprint density at radius 2 is 2.21 bits per heavy atom. The number of hydrogen-bond donors (Lipinski definition) is 1. The first-order valence-corrected chi connectivity index (χ1v) is 7.00. The lowest BCUT2D eigenvalue weighted by molar-refractivity contribution is 0.0513. The average molecular weight is 260 g/mol. The van der Waals surface area contributed by atoms with E-state index in [4.69, 9.17) is 9.83 Å². The molecule has 5 heteroatoms. The zero-order chi connectivity index (χ0) is 12.9. The molecule has 0 unspecified atom stereocenters. The zero-order valence-corrected chi connectivity index (χ0v) is 11.1. The van der Waals surface area contributed by atoms with Gasteiger partial charge in [-0.2, -0.15) is 0 Å². The molecule has 0 spiro atoms. The van der Waals surface area contributed by atoms with Crippen LogP contribution in [0.1, 0.15) is 24.8 Å². The van der Waals surface area contributed by atoms with Crippen LogP contribution < -0.4 is 5.48 Å². The minimum Gasteiger partial charge on any atom is -0.301 e. The second kappa shape index (κ2) is 6.12. The molecule has 1 atom stereocenters. The Hall–Kier alpha value is -1.46. The van der Waals surface area contributed by atoms with Crippen molar-refractivity contribution >= 4 is 5.84 Å². The third-order valence-corrected chi connectivity index (χ3v) is 3.61. The molecule has 0 radical (unpaired) electrons. The second-order valence-electron chi connectivity index (χ2n) is 5.15. The third-order valence-electron chi connectivity index (χ3n) is 3.61. The van der Waals surface area contributed by atoms with Gasteiger partial charge in [0.1, 0.15) is 0 Å². The molecule has 102 valence electrons. The SMILES string of the molecule is c1cncc(C2=N[C@H](CN3CCCCC3)CON2)c1.